The molecule has 0 bridgehead atoms. The quantitative estimate of drug-likeness (QED) is 0.869. The van der Waals surface area contributed by atoms with Crippen molar-refractivity contribution in [3.05, 3.63) is 40.9 Å². The number of rotatable bonds is 3. The zero-order chi connectivity index (χ0) is 14.5. The van der Waals surface area contributed by atoms with E-state index in [1.54, 1.807) is 6.08 Å². The molecule has 4 heteroatoms. The number of nitrogens with zero attached hydrogens (tertiary/aromatic N) is 1. The smallest absolute Gasteiger partial charge is 0.246 e. The Bertz CT molecular complexity index is 507. The van der Waals surface area contributed by atoms with E-state index in [1.165, 1.54) is 0 Å². The summed E-state index contributed by atoms with van der Waals surface area (Å²) < 4.78 is 0. The highest BCUT2D eigenvalue weighted by molar-refractivity contribution is 6.32. The zero-order valence-electron chi connectivity index (χ0n) is 12.0. The fraction of sp³-hybridized carbons (Fsp3) is 0.438. The maximum atomic E-state index is 12.3. The Kier molecular flexibility index (Phi) is 5.21. The molecule has 1 aliphatic rings. The molecule has 0 radical (unpaired) electrons. The molecule has 1 aromatic carbocycles. The highest BCUT2D eigenvalue weighted by Gasteiger charge is 2.20. The summed E-state index contributed by atoms with van der Waals surface area (Å²) in [5, 5.41) is 3.99. The van der Waals surface area contributed by atoms with E-state index in [1.807, 2.05) is 43.1 Å². The first-order valence-corrected chi connectivity index (χ1v) is 7.38. The molecule has 1 N–H and O–H groups in total. The fourth-order valence-electron chi connectivity index (χ4n) is 2.52. The molecule has 1 heterocycles. The van der Waals surface area contributed by atoms with E-state index in [4.69, 9.17) is 11.6 Å². The summed E-state index contributed by atoms with van der Waals surface area (Å²) in [6, 6.07) is 7.93. The Morgan fingerprint density at radius 1 is 1.35 bits per heavy atom. The third-order valence-corrected chi connectivity index (χ3v) is 4.17. The lowest BCUT2D eigenvalue weighted by Crippen LogP contribution is -2.43. The average molecular weight is 293 g/mol. The highest BCUT2D eigenvalue weighted by atomic mass is 35.5. The molecule has 1 aliphatic heterocycles. The Morgan fingerprint density at radius 3 is 2.65 bits per heavy atom. The van der Waals surface area contributed by atoms with Crippen LogP contribution in [-0.4, -0.2) is 37.0 Å². The number of carbonyl (C=O) groups excluding carboxylic acids is 1. The maximum absolute atomic E-state index is 12.3. The summed E-state index contributed by atoms with van der Waals surface area (Å²) in [7, 11) is 1.88. The topological polar surface area (TPSA) is 32.3 Å². The Morgan fingerprint density at radius 2 is 2.00 bits per heavy atom. The van der Waals surface area contributed by atoms with Crippen LogP contribution >= 0.6 is 11.6 Å². The molecule has 1 amide bonds. The first-order chi connectivity index (χ1) is 9.59. The van der Waals surface area contributed by atoms with Gasteiger partial charge in [0.05, 0.1) is 0 Å². The minimum Gasteiger partial charge on any atom is -0.339 e. The zero-order valence-corrected chi connectivity index (χ0v) is 12.8. The lowest BCUT2D eigenvalue weighted by Gasteiger charge is -2.31. The number of allylic oxidation sites excluding steroid dienone is 1. The van der Waals surface area contributed by atoms with Gasteiger partial charge in [0.2, 0.25) is 5.91 Å². The van der Waals surface area contributed by atoms with Crippen molar-refractivity contribution in [1.82, 2.24) is 10.2 Å². The molecule has 0 atom stereocenters. The molecule has 1 saturated heterocycles. The van der Waals surface area contributed by atoms with Crippen LogP contribution in [0, 0.1) is 0 Å². The van der Waals surface area contributed by atoms with Crippen LogP contribution in [0.25, 0.3) is 5.57 Å². The molecular weight excluding hydrogens is 272 g/mol. The maximum Gasteiger partial charge on any atom is 0.246 e. The molecule has 0 saturated carbocycles. The fourth-order valence-corrected chi connectivity index (χ4v) is 2.80. The molecule has 0 spiro atoms. The third kappa shape index (κ3) is 3.62. The van der Waals surface area contributed by atoms with E-state index in [2.05, 4.69) is 5.32 Å². The van der Waals surface area contributed by atoms with Gasteiger partial charge in [-0.2, -0.15) is 0 Å². The van der Waals surface area contributed by atoms with Gasteiger partial charge in [-0.1, -0.05) is 29.8 Å². The van der Waals surface area contributed by atoms with Crippen LogP contribution in [0.4, 0.5) is 0 Å². The van der Waals surface area contributed by atoms with Gasteiger partial charge in [-0.25, -0.2) is 0 Å². The van der Waals surface area contributed by atoms with Crippen molar-refractivity contribution >= 4 is 23.1 Å². The lowest BCUT2D eigenvalue weighted by atomic mass is 10.0. The van der Waals surface area contributed by atoms with Crippen molar-refractivity contribution in [3.8, 4) is 0 Å². The molecule has 20 heavy (non-hydrogen) atoms. The number of hydrogen-bond donors (Lipinski definition) is 1. The van der Waals surface area contributed by atoms with Gasteiger partial charge < -0.3 is 10.2 Å². The molecular formula is C16H21ClN2O. The van der Waals surface area contributed by atoms with Crippen molar-refractivity contribution in [2.24, 2.45) is 0 Å². The van der Waals surface area contributed by atoms with E-state index in [9.17, 15) is 4.79 Å². The number of piperidine rings is 1. The van der Waals surface area contributed by atoms with Gasteiger partial charge in [0.25, 0.3) is 0 Å². The second kappa shape index (κ2) is 6.91. The van der Waals surface area contributed by atoms with E-state index in [-0.39, 0.29) is 5.91 Å². The highest BCUT2D eigenvalue weighted by Crippen LogP contribution is 2.23. The van der Waals surface area contributed by atoms with Gasteiger partial charge in [0.15, 0.2) is 0 Å². The number of nitrogens with one attached hydrogen (secondary N) is 1. The van der Waals surface area contributed by atoms with Crippen LogP contribution in [-0.2, 0) is 4.79 Å². The van der Waals surface area contributed by atoms with Crippen molar-refractivity contribution < 1.29 is 4.79 Å². The second-order valence-electron chi connectivity index (χ2n) is 5.24. The van der Waals surface area contributed by atoms with Gasteiger partial charge in [-0.15, -0.1) is 0 Å². The molecule has 0 aromatic heterocycles. The molecule has 1 aromatic rings. The van der Waals surface area contributed by atoms with Crippen molar-refractivity contribution in [1.29, 1.82) is 0 Å². The predicted octanol–water partition coefficient (Wildman–Crippen LogP) is 2.95. The predicted molar refractivity (Wildman–Crippen MR) is 83.8 cm³/mol. The number of carbonyl (C=O) groups is 1. The Balaban J connectivity index is 2.09. The van der Waals surface area contributed by atoms with Gasteiger partial charge in [-0.05, 0) is 50.1 Å². The first-order valence-electron chi connectivity index (χ1n) is 7.00. The van der Waals surface area contributed by atoms with Gasteiger partial charge >= 0.3 is 0 Å². The van der Waals surface area contributed by atoms with Crippen LogP contribution in [0.15, 0.2) is 30.3 Å². The van der Waals surface area contributed by atoms with Crippen molar-refractivity contribution in [3.63, 3.8) is 0 Å². The second-order valence-corrected chi connectivity index (χ2v) is 5.64. The average Bonchev–Trinajstić information content (AvgIpc) is 2.47. The van der Waals surface area contributed by atoms with E-state index < -0.39 is 0 Å². The SMILES string of the molecule is C/C(=C\C(=O)N(C)C1CCNCC1)c1ccccc1Cl. The molecule has 0 unspecified atom stereocenters. The molecule has 108 valence electrons. The molecule has 0 aliphatic carbocycles. The first kappa shape index (κ1) is 15.1. The summed E-state index contributed by atoms with van der Waals surface area (Å²) >= 11 is 6.16. The summed E-state index contributed by atoms with van der Waals surface area (Å²) in [5.41, 5.74) is 1.82. The normalized spacial score (nSPS) is 17.1. The van der Waals surface area contributed by atoms with E-state index >= 15 is 0 Å². The Labute approximate surface area is 125 Å². The van der Waals surface area contributed by atoms with Gasteiger partial charge in [-0.3, -0.25) is 4.79 Å². The van der Waals surface area contributed by atoms with Gasteiger partial charge in [0.1, 0.15) is 0 Å². The number of likely N-dealkylation sites (N-methyl/N-ethyl adjacent to an activating group) is 1. The van der Waals surface area contributed by atoms with Crippen LogP contribution < -0.4 is 5.32 Å². The standard InChI is InChI=1S/C16H21ClN2O/c1-12(14-5-3-4-6-15(14)17)11-16(20)19(2)13-7-9-18-10-8-13/h3-6,11,13,18H,7-10H2,1-2H3/b12-11+. The summed E-state index contributed by atoms with van der Waals surface area (Å²) in [6.45, 7) is 3.89. The lowest BCUT2D eigenvalue weighted by molar-refractivity contribution is -0.127. The molecule has 3 nitrogen and oxygen atoms in total. The van der Waals surface area contributed by atoms with Crippen LogP contribution in [0.5, 0.6) is 0 Å². The van der Waals surface area contributed by atoms with Crippen molar-refractivity contribution in [2.75, 3.05) is 20.1 Å². The van der Waals surface area contributed by atoms with E-state index in [0.717, 1.165) is 37.1 Å². The van der Waals surface area contributed by atoms with Gasteiger partial charge in [0, 0.05) is 24.2 Å². The van der Waals surface area contributed by atoms with Crippen LogP contribution in [0.1, 0.15) is 25.3 Å². The summed E-state index contributed by atoms with van der Waals surface area (Å²) in [5.74, 6) is 0.0503. The minimum atomic E-state index is 0.0503. The number of halogens is 1. The number of amides is 1. The summed E-state index contributed by atoms with van der Waals surface area (Å²) in [4.78, 5) is 14.2. The number of benzene rings is 1. The monoisotopic (exact) mass is 292 g/mol. The molecule has 1 fully saturated rings. The Hall–Kier alpha value is -1.32. The largest absolute Gasteiger partial charge is 0.339 e. The third-order valence-electron chi connectivity index (χ3n) is 3.84. The van der Waals surface area contributed by atoms with Crippen molar-refractivity contribution in [2.45, 2.75) is 25.8 Å². The minimum absolute atomic E-state index is 0.0503. The number of hydrogen-bond acceptors (Lipinski definition) is 2. The van der Waals surface area contributed by atoms with Crippen LogP contribution in [0.2, 0.25) is 5.02 Å². The van der Waals surface area contributed by atoms with E-state index in [0.29, 0.717) is 11.1 Å². The summed E-state index contributed by atoms with van der Waals surface area (Å²) in [6.07, 6.45) is 3.71. The van der Waals surface area contributed by atoms with Crippen LogP contribution in [0.3, 0.4) is 0 Å². The molecule has 2 rings (SSSR count).